The number of carbonyl (C=O) groups is 1. The maximum Gasteiger partial charge on any atom is 0.328 e. The van der Waals surface area contributed by atoms with Crippen molar-refractivity contribution in [3.8, 4) is 5.75 Å². The van der Waals surface area contributed by atoms with Gasteiger partial charge in [-0.3, -0.25) is 0 Å². The van der Waals surface area contributed by atoms with E-state index in [0.717, 1.165) is 17.0 Å². The molecule has 86 valence electrons. The van der Waals surface area contributed by atoms with E-state index in [2.05, 4.69) is 0 Å². The molecule has 0 N–H and O–H groups in total. The van der Waals surface area contributed by atoms with Gasteiger partial charge < -0.3 is 14.4 Å². The first kappa shape index (κ1) is 10.8. The Kier molecular flexibility index (Phi) is 2.73. The van der Waals surface area contributed by atoms with E-state index in [9.17, 15) is 4.79 Å². The highest BCUT2D eigenvalue weighted by Crippen LogP contribution is 2.37. The molecule has 16 heavy (non-hydrogen) atoms. The van der Waals surface area contributed by atoms with E-state index < -0.39 is 0 Å². The average Bonchev–Trinajstić information content (AvgIpc) is 2.66. The molecule has 1 aromatic carbocycles. The molecular weight excluding hydrogens is 206 g/mol. The molecular formula is C12H15NO3. The van der Waals surface area contributed by atoms with Gasteiger partial charge in [0.2, 0.25) is 0 Å². The Balaban J connectivity index is 2.37. The van der Waals surface area contributed by atoms with Gasteiger partial charge in [0.05, 0.1) is 14.2 Å². The lowest BCUT2D eigenvalue weighted by Gasteiger charge is -2.19. The van der Waals surface area contributed by atoms with E-state index in [1.165, 1.54) is 7.11 Å². The Morgan fingerprint density at radius 2 is 2.19 bits per heavy atom. The second-order valence-electron chi connectivity index (χ2n) is 3.81. The summed E-state index contributed by atoms with van der Waals surface area (Å²) in [4.78, 5) is 13.5. The second-order valence-corrected chi connectivity index (χ2v) is 3.81. The minimum atomic E-state index is -0.240. The summed E-state index contributed by atoms with van der Waals surface area (Å²) >= 11 is 0. The van der Waals surface area contributed by atoms with Crippen LogP contribution in [-0.2, 0) is 16.0 Å². The van der Waals surface area contributed by atoms with Gasteiger partial charge in [0.25, 0.3) is 0 Å². The van der Waals surface area contributed by atoms with Crippen LogP contribution in [0.5, 0.6) is 5.75 Å². The van der Waals surface area contributed by atoms with E-state index in [0.29, 0.717) is 6.42 Å². The summed E-state index contributed by atoms with van der Waals surface area (Å²) in [6.45, 7) is 0. The minimum Gasteiger partial charge on any atom is -0.496 e. The highest BCUT2D eigenvalue weighted by atomic mass is 16.5. The first-order valence-electron chi connectivity index (χ1n) is 5.15. The number of benzene rings is 1. The van der Waals surface area contributed by atoms with E-state index in [-0.39, 0.29) is 12.0 Å². The number of hydrogen-bond donors (Lipinski definition) is 0. The van der Waals surface area contributed by atoms with Crippen LogP contribution in [0.2, 0.25) is 0 Å². The zero-order valence-corrected chi connectivity index (χ0v) is 9.69. The molecule has 1 unspecified atom stereocenters. The Morgan fingerprint density at radius 1 is 1.44 bits per heavy atom. The summed E-state index contributed by atoms with van der Waals surface area (Å²) < 4.78 is 10.1. The number of hydrogen-bond acceptors (Lipinski definition) is 4. The van der Waals surface area contributed by atoms with Crippen molar-refractivity contribution in [1.29, 1.82) is 0 Å². The molecule has 1 aliphatic rings. The van der Waals surface area contributed by atoms with Crippen LogP contribution in [0.4, 0.5) is 5.69 Å². The third kappa shape index (κ3) is 1.50. The number of nitrogens with zero attached hydrogens (tertiary/aromatic N) is 1. The van der Waals surface area contributed by atoms with Crippen molar-refractivity contribution in [2.75, 3.05) is 26.2 Å². The van der Waals surface area contributed by atoms with E-state index in [1.54, 1.807) is 7.11 Å². The molecule has 0 aromatic heterocycles. The van der Waals surface area contributed by atoms with Crippen LogP contribution in [0.15, 0.2) is 18.2 Å². The lowest BCUT2D eigenvalue weighted by molar-refractivity contribution is -0.141. The van der Waals surface area contributed by atoms with Crippen molar-refractivity contribution < 1.29 is 14.3 Å². The van der Waals surface area contributed by atoms with Gasteiger partial charge in [0, 0.05) is 24.7 Å². The highest BCUT2D eigenvalue weighted by molar-refractivity contribution is 5.84. The summed E-state index contributed by atoms with van der Waals surface area (Å²) in [5.74, 6) is 0.622. The fourth-order valence-corrected chi connectivity index (χ4v) is 2.16. The largest absolute Gasteiger partial charge is 0.496 e. The number of anilines is 1. The van der Waals surface area contributed by atoms with Crippen LogP contribution < -0.4 is 9.64 Å². The van der Waals surface area contributed by atoms with Crippen LogP contribution in [0.1, 0.15) is 5.56 Å². The zero-order valence-electron chi connectivity index (χ0n) is 9.69. The quantitative estimate of drug-likeness (QED) is 0.704. The molecule has 4 nitrogen and oxygen atoms in total. The molecule has 0 aliphatic carbocycles. The molecule has 4 heteroatoms. The molecule has 0 radical (unpaired) electrons. The Bertz CT molecular complexity index is 417. The van der Waals surface area contributed by atoms with Crippen molar-refractivity contribution in [2.45, 2.75) is 12.5 Å². The van der Waals surface area contributed by atoms with Crippen molar-refractivity contribution in [1.82, 2.24) is 0 Å². The standard InChI is InChI=1S/C12H15NO3/c1-13-9-5-4-6-11(15-2)8(9)7-10(13)12(14)16-3/h4-6,10H,7H2,1-3H3. The second kappa shape index (κ2) is 4.04. The molecule has 1 aliphatic heterocycles. The summed E-state index contributed by atoms with van der Waals surface area (Å²) in [5.41, 5.74) is 2.11. The first-order valence-corrected chi connectivity index (χ1v) is 5.15. The van der Waals surface area contributed by atoms with Crippen LogP contribution in [-0.4, -0.2) is 33.3 Å². The summed E-state index contributed by atoms with van der Waals surface area (Å²) in [6.07, 6.45) is 0.641. The maximum absolute atomic E-state index is 11.6. The van der Waals surface area contributed by atoms with Gasteiger partial charge in [-0.15, -0.1) is 0 Å². The third-order valence-corrected chi connectivity index (χ3v) is 3.05. The van der Waals surface area contributed by atoms with Crippen molar-refractivity contribution >= 4 is 11.7 Å². The first-order chi connectivity index (χ1) is 7.69. The SMILES string of the molecule is COC(=O)C1Cc2c(OC)cccc2N1C. The Morgan fingerprint density at radius 3 is 2.81 bits per heavy atom. The van der Waals surface area contributed by atoms with E-state index >= 15 is 0 Å². The summed E-state index contributed by atoms with van der Waals surface area (Å²) in [5, 5.41) is 0. The van der Waals surface area contributed by atoms with Gasteiger partial charge >= 0.3 is 5.97 Å². The predicted octanol–water partition coefficient (Wildman–Crippen LogP) is 1.23. The number of rotatable bonds is 2. The molecule has 0 bridgehead atoms. The molecule has 1 atom stereocenters. The van der Waals surface area contributed by atoms with E-state index in [4.69, 9.17) is 9.47 Å². The van der Waals surface area contributed by atoms with Crippen LogP contribution in [0.3, 0.4) is 0 Å². The minimum absolute atomic E-state index is 0.208. The summed E-state index contributed by atoms with van der Waals surface area (Å²) in [6, 6.07) is 5.58. The van der Waals surface area contributed by atoms with Gasteiger partial charge in [-0.1, -0.05) is 6.07 Å². The van der Waals surface area contributed by atoms with Gasteiger partial charge in [0.15, 0.2) is 0 Å². The summed E-state index contributed by atoms with van der Waals surface area (Å²) in [7, 11) is 4.95. The maximum atomic E-state index is 11.6. The number of ether oxygens (including phenoxy) is 2. The predicted molar refractivity (Wildman–Crippen MR) is 60.9 cm³/mol. The number of esters is 1. The topological polar surface area (TPSA) is 38.8 Å². The van der Waals surface area contributed by atoms with Gasteiger partial charge in [-0.2, -0.15) is 0 Å². The van der Waals surface area contributed by atoms with Gasteiger partial charge in [-0.25, -0.2) is 4.79 Å². The molecule has 1 heterocycles. The number of carbonyl (C=O) groups excluding carboxylic acids is 1. The lowest BCUT2D eigenvalue weighted by atomic mass is 10.1. The van der Waals surface area contributed by atoms with Crippen LogP contribution in [0.25, 0.3) is 0 Å². The normalized spacial score (nSPS) is 18.2. The number of likely N-dealkylation sites (N-methyl/N-ethyl adjacent to an activating group) is 1. The zero-order chi connectivity index (χ0) is 11.7. The van der Waals surface area contributed by atoms with Crippen molar-refractivity contribution in [3.05, 3.63) is 23.8 Å². The highest BCUT2D eigenvalue weighted by Gasteiger charge is 2.34. The lowest BCUT2D eigenvalue weighted by Crippen LogP contribution is -2.36. The average molecular weight is 221 g/mol. The van der Waals surface area contributed by atoms with Gasteiger partial charge in [0.1, 0.15) is 11.8 Å². The van der Waals surface area contributed by atoms with Gasteiger partial charge in [-0.05, 0) is 12.1 Å². The fraction of sp³-hybridized carbons (Fsp3) is 0.417. The number of fused-ring (bicyclic) bond motifs is 1. The molecule has 0 saturated heterocycles. The molecule has 0 fully saturated rings. The van der Waals surface area contributed by atoms with Crippen molar-refractivity contribution in [3.63, 3.8) is 0 Å². The molecule has 2 rings (SSSR count). The Labute approximate surface area is 94.8 Å². The fourth-order valence-electron chi connectivity index (χ4n) is 2.16. The van der Waals surface area contributed by atoms with Crippen LogP contribution >= 0.6 is 0 Å². The molecule has 0 spiro atoms. The number of methoxy groups -OCH3 is 2. The molecule has 0 amide bonds. The smallest absolute Gasteiger partial charge is 0.328 e. The molecule has 0 saturated carbocycles. The Hall–Kier alpha value is -1.71. The van der Waals surface area contributed by atoms with E-state index in [1.807, 2.05) is 30.1 Å². The molecule has 1 aromatic rings. The third-order valence-electron chi connectivity index (χ3n) is 3.05. The monoisotopic (exact) mass is 221 g/mol. The van der Waals surface area contributed by atoms with Crippen LogP contribution in [0, 0.1) is 0 Å². The van der Waals surface area contributed by atoms with Crippen molar-refractivity contribution in [2.24, 2.45) is 0 Å².